The van der Waals surface area contributed by atoms with Crippen molar-refractivity contribution in [2.45, 2.75) is 19.4 Å². The highest BCUT2D eigenvalue weighted by atomic mass is 79.9. The van der Waals surface area contributed by atoms with E-state index in [1.807, 2.05) is 61.5 Å². The van der Waals surface area contributed by atoms with E-state index in [9.17, 15) is 4.79 Å². The summed E-state index contributed by atoms with van der Waals surface area (Å²) in [6, 6.07) is 31.1. The summed E-state index contributed by atoms with van der Waals surface area (Å²) in [5, 5.41) is 7.67. The molecule has 0 unspecified atom stereocenters. The molecule has 0 saturated carbocycles. The van der Waals surface area contributed by atoms with Crippen LogP contribution >= 0.6 is 15.9 Å². The molecular weight excluding hydrogens is 578 g/mol. The van der Waals surface area contributed by atoms with Crippen molar-refractivity contribution in [1.82, 2.24) is 9.99 Å². The minimum Gasteiger partial charge on any atom is -0.497 e. The van der Waals surface area contributed by atoms with Crippen molar-refractivity contribution in [3.8, 4) is 22.6 Å². The first-order valence-electron chi connectivity index (χ1n) is 13.3. The molecule has 0 fully saturated rings. The lowest BCUT2D eigenvalue weighted by Crippen LogP contribution is -2.27. The lowest BCUT2D eigenvalue weighted by Gasteiger charge is -2.22. The molecule has 2 heterocycles. The van der Waals surface area contributed by atoms with Gasteiger partial charge < -0.3 is 9.47 Å². The lowest BCUT2D eigenvalue weighted by molar-refractivity contribution is 0.0711. The van der Waals surface area contributed by atoms with Crippen LogP contribution in [-0.2, 0) is 0 Å². The van der Waals surface area contributed by atoms with Gasteiger partial charge in [-0.05, 0) is 72.6 Å². The van der Waals surface area contributed by atoms with Crippen molar-refractivity contribution in [3.05, 3.63) is 124 Å². The standard InChI is InChI=1S/C34H28BrN3O3/c1-21-32(33(23-7-5-4-6-8-23)28-19-25(35)13-18-29(28)36-21)30-20-31(22-9-14-26(40-2)15-10-22)38(37-30)34(39)24-11-16-27(41-3)17-12-24/h4-19,31H,20H2,1-3H3/t31-/m1/s1. The topological polar surface area (TPSA) is 64.0 Å². The monoisotopic (exact) mass is 605 g/mol. The Morgan fingerprint density at radius 3 is 2.17 bits per heavy atom. The smallest absolute Gasteiger partial charge is 0.274 e. The molecule has 0 N–H and O–H groups in total. The molecule has 0 aliphatic carbocycles. The van der Waals surface area contributed by atoms with E-state index in [0.717, 1.165) is 54.8 Å². The van der Waals surface area contributed by atoms with Crippen molar-refractivity contribution in [3.63, 3.8) is 0 Å². The molecule has 1 aromatic heterocycles. The Morgan fingerprint density at radius 1 is 0.854 bits per heavy atom. The molecule has 0 bridgehead atoms. The van der Waals surface area contributed by atoms with Gasteiger partial charge in [0.1, 0.15) is 11.5 Å². The molecule has 0 radical (unpaired) electrons. The molecule has 1 aliphatic heterocycles. The Hall–Kier alpha value is -4.49. The molecule has 7 heteroatoms. The highest BCUT2D eigenvalue weighted by Crippen LogP contribution is 2.40. The molecule has 0 spiro atoms. The maximum atomic E-state index is 14.0. The first-order chi connectivity index (χ1) is 20.0. The van der Waals surface area contributed by atoms with Gasteiger partial charge >= 0.3 is 0 Å². The fourth-order valence-electron chi connectivity index (χ4n) is 5.42. The predicted octanol–water partition coefficient (Wildman–Crippen LogP) is 7.98. The first-order valence-corrected chi connectivity index (χ1v) is 14.1. The molecule has 1 amide bonds. The zero-order valence-electron chi connectivity index (χ0n) is 23.0. The highest BCUT2D eigenvalue weighted by Gasteiger charge is 2.35. The molecule has 204 valence electrons. The summed E-state index contributed by atoms with van der Waals surface area (Å²) in [5.74, 6) is 1.27. The average Bonchev–Trinajstić information content (AvgIpc) is 3.45. The van der Waals surface area contributed by atoms with Crippen LogP contribution < -0.4 is 9.47 Å². The number of carbonyl (C=O) groups excluding carboxylic acids is 1. The van der Waals surface area contributed by atoms with Gasteiger partial charge in [0.15, 0.2) is 0 Å². The van der Waals surface area contributed by atoms with Gasteiger partial charge in [0.25, 0.3) is 5.91 Å². The molecule has 1 atom stereocenters. The van der Waals surface area contributed by atoms with E-state index in [1.54, 1.807) is 43.5 Å². The maximum absolute atomic E-state index is 14.0. The molecule has 6 rings (SSSR count). The number of pyridine rings is 1. The molecule has 6 nitrogen and oxygen atoms in total. The van der Waals surface area contributed by atoms with E-state index in [2.05, 4.69) is 34.1 Å². The van der Waals surface area contributed by atoms with Gasteiger partial charge in [0.05, 0.1) is 31.5 Å². The van der Waals surface area contributed by atoms with Crippen molar-refractivity contribution in [1.29, 1.82) is 0 Å². The van der Waals surface area contributed by atoms with E-state index in [-0.39, 0.29) is 11.9 Å². The van der Waals surface area contributed by atoms with E-state index >= 15 is 0 Å². The lowest BCUT2D eigenvalue weighted by atomic mass is 9.89. The van der Waals surface area contributed by atoms with Crippen molar-refractivity contribution in [2.24, 2.45) is 5.10 Å². The number of carbonyl (C=O) groups is 1. The molecule has 0 saturated heterocycles. The molecular formula is C34H28BrN3O3. The average molecular weight is 607 g/mol. The van der Waals surface area contributed by atoms with Gasteiger partial charge in [0.2, 0.25) is 0 Å². The van der Waals surface area contributed by atoms with Gasteiger partial charge in [-0.2, -0.15) is 5.10 Å². The number of fused-ring (bicyclic) bond motifs is 1. The highest BCUT2D eigenvalue weighted by molar-refractivity contribution is 9.10. The summed E-state index contributed by atoms with van der Waals surface area (Å²) in [6.45, 7) is 2.02. The second-order valence-electron chi connectivity index (χ2n) is 9.89. The van der Waals surface area contributed by atoms with Crippen molar-refractivity contribution >= 4 is 38.5 Å². The minimum atomic E-state index is -0.299. The number of hydrazone groups is 1. The van der Waals surface area contributed by atoms with Crippen LogP contribution in [0, 0.1) is 6.92 Å². The van der Waals surface area contributed by atoms with Crippen LogP contribution in [0.3, 0.4) is 0 Å². The third-order valence-corrected chi connectivity index (χ3v) is 7.93. The Bertz CT molecular complexity index is 1770. The number of aromatic nitrogens is 1. The zero-order valence-corrected chi connectivity index (χ0v) is 24.6. The van der Waals surface area contributed by atoms with Crippen molar-refractivity contribution in [2.75, 3.05) is 14.2 Å². The number of ether oxygens (including phenoxy) is 2. The van der Waals surface area contributed by atoms with Crippen LogP contribution in [0.4, 0.5) is 0 Å². The van der Waals surface area contributed by atoms with Crippen LogP contribution in [0.15, 0.2) is 107 Å². The second-order valence-corrected chi connectivity index (χ2v) is 10.8. The van der Waals surface area contributed by atoms with Gasteiger partial charge in [-0.15, -0.1) is 0 Å². The number of benzene rings is 4. The third-order valence-electron chi connectivity index (χ3n) is 7.43. The fourth-order valence-corrected chi connectivity index (χ4v) is 5.78. The van der Waals surface area contributed by atoms with Crippen LogP contribution in [0.1, 0.15) is 39.6 Å². The minimum absolute atomic E-state index is 0.182. The summed E-state index contributed by atoms with van der Waals surface area (Å²) >= 11 is 3.65. The van der Waals surface area contributed by atoms with Crippen LogP contribution in [0.5, 0.6) is 11.5 Å². The number of hydrogen-bond donors (Lipinski definition) is 0. The second kappa shape index (κ2) is 11.2. The number of rotatable bonds is 6. The fraction of sp³-hybridized carbons (Fsp3) is 0.147. The number of methoxy groups -OCH3 is 2. The Kier molecular flexibility index (Phi) is 7.28. The Balaban J connectivity index is 1.53. The van der Waals surface area contributed by atoms with Crippen LogP contribution in [0.25, 0.3) is 22.0 Å². The van der Waals surface area contributed by atoms with E-state index in [0.29, 0.717) is 17.7 Å². The summed E-state index contributed by atoms with van der Waals surface area (Å²) < 4.78 is 11.7. The number of halogens is 1. The predicted molar refractivity (Wildman–Crippen MR) is 166 cm³/mol. The number of hydrogen-bond acceptors (Lipinski definition) is 5. The van der Waals surface area contributed by atoms with Gasteiger partial charge in [-0.3, -0.25) is 9.78 Å². The van der Waals surface area contributed by atoms with E-state index < -0.39 is 0 Å². The molecule has 41 heavy (non-hydrogen) atoms. The largest absolute Gasteiger partial charge is 0.497 e. The van der Waals surface area contributed by atoms with Crippen LogP contribution in [-0.4, -0.2) is 35.8 Å². The molecule has 4 aromatic carbocycles. The number of aryl methyl sites for hydroxylation is 1. The molecule has 5 aromatic rings. The summed E-state index contributed by atoms with van der Waals surface area (Å²) in [4.78, 5) is 18.9. The number of amides is 1. The quantitative estimate of drug-likeness (QED) is 0.197. The summed E-state index contributed by atoms with van der Waals surface area (Å²) in [6.07, 6.45) is 0.538. The maximum Gasteiger partial charge on any atom is 0.274 e. The summed E-state index contributed by atoms with van der Waals surface area (Å²) in [7, 11) is 3.25. The van der Waals surface area contributed by atoms with Gasteiger partial charge in [-0.25, -0.2) is 5.01 Å². The zero-order chi connectivity index (χ0) is 28.5. The molecule has 1 aliphatic rings. The SMILES string of the molecule is COc1ccc(C(=O)N2N=C(c3c(C)nc4ccc(Br)cc4c3-c3ccccc3)C[C@@H]2c2ccc(OC)cc2)cc1. The van der Waals surface area contributed by atoms with E-state index in [1.165, 1.54) is 0 Å². The Morgan fingerprint density at radius 2 is 1.51 bits per heavy atom. The number of nitrogens with zero attached hydrogens (tertiary/aromatic N) is 3. The first kappa shape index (κ1) is 26.7. The van der Waals surface area contributed by atoms with Gasteiger partial charge in [-0.1, -0.05) is 58.4 Å². The van der Waals surface area contributed by atoms with Crippen LogP contribution in [0.2, 0.25) is 0 Å². The summed E-state index contributed by atoms with van der Waals surface area (Å²) in [5.41, 5.74) is 7.18. The van der Waals surface area contributed by atoms with Gasteiger partial charge in [0, 0.05) is 38.7 Å². The van der Waals surface area contributed by atoms with E-state index in [4.69, 9.17) is 19.6 Å². The normalized spacial score (nSPS) is 14.7. The Labute approximate surface area is 247 Å². The van der Waals surface area contributed by atoms with Crippen molar-refractivity contribution < 1.29 is 14.3 Å². The third kappa shape index (κ3) is 5.09.